The Morgan fingerprint density at radius 2 is 1.79 bits per heavy atom. The highest BCUT2D eigenvalue weighted by Gasteiger charge is 2.49. The molecule has 5 heteroatoms. The van der Waals surface area contributed by atoms with Gasteiger partial charge in [0.05, 0.1) is 11.1 Å². The number of nitrogens with zero attached hydrogens (tertiary/aromatic N) is 1. The summed E-state index contributed by atoms with van der Waals surface area (Å²) in [6, 6.07) is 6.46. The van der Waals surface area contributed by atoms with Crippen LogP contribution in [0.25, 0.3) is 0 Å². The van der Waals surface area contributed by atoms with Crippen LogP contribution in [0.15, 0.2) is 36.9 Å². The summed E-state index contributed by atoms with van der Waals surface area (Å²) in [5.41, 5.74) is 4.56. The Kier molecular flexibility index (Phi) is 2.98. The van der Waals surface area contributed by atoms with E-state index in [2.05, 4.69) is 6.58 Å². The molecule has 1 aromatic rings. The summed E-state index contributed by atoms with van der Waals surface area (Å²) in [5, 5.41) is 0. The fourth-order valence-corrected chi connectivity index (χ4v) is 2.22. The predicted octanol–water partition coefficient (Wildman–Crippen LogP) is 1.10. The summed E-state index contributed by atoms with van der Waals surface area (Å²) >= 11 is 0. The van der Waals surface area contributed by atoms with E-state index in [0.717, 1.165) is 4.90 Å². The third-order valence-electron chi connectivity index (χ3n) is 3.36. The summed E-state index contributed by atoms with van der Waals surface area (Å²) in [5.74, 6) is -1.73. The van der Waals surface area contributed by atoms with Gasteiger partial charge in [0.15, 0.2) is 0 Å². The van der Waals surface area contributed by atoms with Crippen molar-refractivity contribution in [3.63, 3.8) is 0 Å². The Labute approximate surface area is 110 Å². The van der Waals surface area contributed by atoms with Gasteiger partial charge in [0, 0.05) is 0 Å². The minimum absolute atomic E-state index is 0.119. The molecule has 0 saturated carbocycles. The van der Waals surface area contributed by atoms with Crippen molar-refractivity contribution in [1.29, 1.82) is 0 Å². The smallest absolute Gasteiger partial charge is 0.262 e. The van der Waals surface area contributed by atoms with E-state index < -0.39 is 23.3 Å². The van der Waals surface area contributed by atoms with Crippen molar-refractivity contribution in [2.45, 2.75) is 18.9 Å². The lowest BCUT2D eigenvalue weighted by Gasteiger charge is -2.33. The number of imide groups is 1. The molecule has 1 aromatic carbocycles. The summed E-state index contributed by atoms with van der Waals surface area (Å²) in [6.45, 7) is 5.01. The first-order valence-electron chi connectivity index (χ1n) is 5.82. The van der Waals surface area contributed by atoms with Crippen LogP contribution >= 0.6 is 0 Å². The quantitative estimate of drug-likeness (QED) is 0.648. The third-order valence-corrected chi connectivity index (χ3v) is 3.36. The van der Waals surface area contributed by atoms with Crippen molar-refractivity contribution in [3.05, 3.63) is 48.0 Å². The van der Waals surface area contributed by atoms with Crippen LogP contribution in [0.1, 0.15) is 34.1 Å². The van der Waals surface area contributed by atoms with Gasteiger partial charge in [-0.25, -0.2) is 0 Å². The number of carbonyl (C=O) groups is 3. The fraction of sp³-hybridized carbons (Fsp3) is 0.214. The van der Waals surface area contributed by atoms with Crippen LogP contribution in [0.5, 0.6) is 0 Å². The van der Waals surface area contributed by atoms with Crippen LogP contribution in [0.4, 0.5) is 0 Å². The molecule has 0 aromatic heterocycles. The minimum atomic E-state index is -1.39. The zero-order chi connectivity index (χ0) is 14.2. The zero-order valence-corrected chi connectivity index (χ0v) is 10.6. The summed E-state index contributed by atoms with van der Waals surface area (Å²) in [4.78, 5) is 37.2. The molecule has 0 radical (unpaired) electrons. The minimum Gasteiger partial charge on any atom is -0.368 e. The lowest BCUT2D eigenvalue weighted by atomic mass is 9.94. The molecule has 98 valence electrons. The molecule has 5 nitrogen and oxygen atoms in total. The van der Waals surface area contributed by atoms with Gasteiger partial charge in [-0.3, -0.25) is 19.3 Å². The molecule has 0 spiro atoms. The van der Waals surface area contributed by atoms with Gasteiger partial charge >= 0.3 is 0 Å². The van der Waals surface area contributed by atoms with Gasteiger partial charge < -0.3 is 5.73 Å². The number of nitrogens with two attached hydrogens (primary N) is 1. The molecule has 0 aliphatic carbocycles. The van der Waals surface area contributed by atoms with Crippen LogP contribution in [0, 0.1) is 0 Å². The SMILES string of the molecule is C=CC[C@@](C)(C(N)=O)N1C(=O)c2ccccc2C1=O. The van der Waals surface area contributed by atoms with Gasteiger partial charge in [-0.1, -0.05) is 18.2 Å². The number of amides is 3. The van der Waals surface area contributed by atoms with Crippen molar-refractivity contribution < 1.29 is 14.4 Å². The molecule has 3 amide bonds. The monoisotopic (exact) mass is 258 g/mol. The predicted molar refractivity (Wildman–Crippen MR) is 69.4 cm³/mol. The van der Waals surface area contributed by atoms with E-state index >= 15 is 0 Å². The number of fused-ring (bicyclic) bond motifs is 1. The van der Waals surface area contributed by atoms with Crippen molar-refractivity contribution in [2.75, 3.05) is 0 Å². The maximum atomic E-state index is 12.3. The van der Waals surface area contributed by atoms with Crippen LogP contribution in [-0.2, 0) is 4.79 Å². The topological polar surface area (TPSA) is 80.5 Å². The van der Waals surface area contributed by atoms with Crippen LogP contribution < -0.4 is 5.73 Å². The van der Waals surface area contributed by atoms with E-state index in [0.29, 0.717) is 11.1 Å². The van der Waals surface area contributed by atoms with Gasteiger partial charge in [-0.2, -0.15) is 0 Å². The van der Waals surface area contributed by atoms with E-state index in [-0.39, 0.29) is 6.42 Å². The summed E-state index contributed by atoms with van der Waals surface area (Å²) in [6.07, 6.45) is 1.59. The first-order chi connectivity index (χ1) is 8.93. The van der Waals surface area contributed by atoms with Crippen molar-refractivity contribution in [3.8, 4) is 0 Å². The second-order valence-electron chi connectivity index (χ2n) is 4.62. The molecule has 19 heavy (non-hydrogen) atoms. The second-order valence-corrected chi connectivity index (χ2v) is 4.62. The van der Waals surface area contributed by atoms with Gasteiger partial charge in [-0.15, -0.1) is 6.58 Å². The highest BCUT2D eigenvalue weighted by atomic mass is 16.2. The molecule has 0 fully saturated rings. The van der Waals surface area contributed by atoms with E-state index in [9.17, 15) is 14.4 Å². The van der Waals surface area contributed by atoms with Gasteiger partial charge in [0.1, 0.15) is 5.54 Å². The van der Waals surface area contributed by atoms with Gasteiger partial charge in [0.2, 0.25) is 5.91 Å². The highest BCUT2D eigenvalue weighted by molar-refractivity contribution is 6.23. The molecular weight excluding hydrogens is 244 g/mol. The molecule has 2 rings (SSSR count). The largest absolute Gasteiger partial charge is 0.368 e. The van der Waals surface area contributed by atoms with Crippen LogP contribution in [0.3, 0.4) is 0 Å². The van der Waals surface area contributed by atoms with E-state index in [1.807, 2.05) is 0 Å². The molecule has 1 heterocycles. The first kappa shape index (κ1) is 13.0. The average Bonchev–Trinajstić information content (AvgIpc) is 2.63. The molecule has 0 bridgehead atoms. The third kappa shape index (κ3) is 1.74. The standard InChI is InChI=1S/C14H14N2O3/c1-3-8-14(2,13(15)19)16-11(17)9-6-4-5-7-10(9)12(16)18/h3-7H,1,8H2,2H3,(H2,15,19)/t14-/m0/s1. The highest BCUT2D eigenvalue weighted by Crippen LogP contribution is 2.31. The molecule has 0 saturated heterocycles. The zero-order valence-electron chi connectivity index (χ0n) is 10.6. The van der Waals surface area contributed by atoms with Crippen molar-refractivity contribution in [1.82, 2.24) is 4.90 Å². The Bertz CT molecular complexity index is 559. The van der Waals surface area contributed by atoms with Crippen LogP contribution in [0.2, 0.25) is 0 Å². The maximum absolute atomic E-state index is 12.3. The lowest BCUT2D eigenvalue weighted by molar-refractivity contribution is -0.126. The van der Waals surface area contributed by atoms with E-state index in [1.54, 1.807) is 24.3 Å². The fourth-order valence-electron chi connectivity index (χ4n) is 2.22. The van der Waals surface area contributed by atoms with Crippen molar-refractivity contribution >= 4 is 17.7 Å². The molecule has 0 unspecified atom stereocenters. The average molecular weight is 258 g/mol. The number of hydrogen-bond donors (Lipinski definition) is 1. The van der Waals surface area contributed by atoms with Crippen LogP contribution in [-0.4, -0.2) is 28.2 Å². The van der Waals surface area contributed by atoms with Crippen molar-refractivity contribution in [2.24, 2.45) is 5.73 Å². The van der Waals surface area contributed by atoms with E-state index in [1.165, 1.54) is 13.0 Å². The number of rotatable bonds is 4. The molecule has 1 aliphatic rings. The molecule has 1 atom stereocenters. The number of benzene rings is 1. The Balaban J connectivity index is 2.54. The van der Waals surface area contributed by atoms with Gasteiger partial charge in [0.25, 0.3) is 11.8 Å². The Hall–Kier alpha value is -2.43. The molecule has 2 N–H and O–H groups in total. The lowest BCUT2D eigenvalue weighted by Crippen LogP contribution is -2.57. The second kappa shape index (κ2) is 4.35. The maximum Gasteiger partial charge on any atom is 0.262 e. The van der Waals surface area contributed by atoms with Gasteiger partial charge in [-0.05, 0) is 25.5 Å². The van der Waals surface area contributed by atoms with E-state index in [4.69, 9.17) is 5.73 Å². The first-order valence-corrected chi connectivity index (χ1v) is 5.82. The number of primary amides is 1. The normalized spacial score (nSPS) is 17.0. The Morgan fingerprint density at radius 3 is 2.16 bits per heavy atom. The summed E-state index contributed by atoms with van der Waals surface area (Å²) in [7, 11) is 0. The number of carbonyl (C=O) groups excluding carboxylic acids is 3. The number of hydrogen-bond acceptors (Lipinski definition) is 3. The Morgan fingerprint density at radius 1 is 1.32 bits per heavy atom. The molecular formula is C14H14N2O3. The summed E-state index contributed by atoms with van der Waals surface area (Å²) < 4.78 is 0. The molecule has 1 aliphatic heterocycles.